The molecule has 0 radical (unpaired) electrons. The second-order valence-corrected chi connectivity index (χ2v) is 3.96. The Morgan fingerprint density at radius 2 is 1.71 bits per heavy atom. The lowest BCUT2D eigenvalue weighted by atomic mass is 10.2. The number of halogens is 3. The lowest BCUT2D eigenvalue weighted by molar-refractivity contribution is -0.137. The summed E-state index contributed by atoms with van der Waals surface area (Å²) in [6.45, 7) is 0. The molecule has 0 aliphatic carbocycles. The first-order valence-electron chi connectivity index (χ1n) is 5.65. The monoisotopic (exact) mass is 298 g/mol. The van der Waals surface area contributed by atoms with Crippen molar-refractivity contribution in [1.29, 1.82) is 0 Å². The summed E-state index contributed by atoms with van der Waals surface area (Å²) in [7, 11) is 0. The SMILES string of the molecule is O=C(Nc1ccc(C(F)(F)F)cc1)Nc1ccc(=O)[nH]n1. The molecule has 0 atom stereocenters. The molecule has 21 heavy (non-hydrogen) atoms. The van der Waals surface area contributed by atoms with Crippen molar-refractivity contribution in [2.75, 3.05) is 10.6 Å². The lowest BCUT2D eigenvalue weighted by Crippen LogP contribution is -2.21. The average Bonchev–Trinajstić information content (AvgIpc) is 2.41. The summed E-state index contributed by atoms with van der Waals surface area (Å²) in [5.41, 5.74) is -1.05. The summed E-state index contributed by atoms with van der Waals surface area (Å²) in [4.78, 5) is 22.3. The largest absolute Gasteiger partial charge is 0.416 e. The molecular formula is C12H9F3N4O2. The molecule has 6 nitrogen and oxygen atoms in total. The zero-order valence-electron chi connectivity index (χ0n) is 10.4. The van der Waals surface area contributed by atoms with Gasteiger partial charge in [0.1, 0.15) is 0 Å². The molecule has 1 heterocycles. The van der Waals surface area contributed by atoms with Crippen LogP contribution < -0.4 is 16.2 Å². The molecule has 0 aliphatic rings. The summed E-state index contributed by atoms with van der Waals surface area (Å²) < 4.78 is 37.1. The van der Waals surface area contributed by atoms with Gasteiger partial charge in [-0.1, -0.05) is 0 Å². The number of benzene rings is 1. The Morgan fingerprint density at radius 1 is 1.05 bits per heavy atom. The predicted molar refractivity (Wildman–Crippen MR) is 68.9 cm³/mol. The van der Waals surface area contributed by atoms with Crippen molar-refractivity contribution < 1.29 is 18.0 Å². The molecule has 1 aromatic carbocycles. The quantitative estimate of drug-likeness (QED) is 0.795. The number of H-pyrrole nitrogens is 1. The van der Waals surface area contributed by atoms with Crippen LogP contribution >= 0.6 is 0 Å². The highest BCUT2D eigenvalue weighted by Gasteiger charge is 2.29. The number of carbonyl (C=O) groups excluding carboxylic acids is 1. The normalized spacial score (nSPS) is 11.0. The Morgan fingerprint density at radius 3 is 2.24 bits per heavy atom. The van der Waals surface area contributed by atoms with E-state index in [2.05, 4.69) is 20.8 Å². The molecule has 0 aliphatic heterocycles. The predicted octanol–water partition coefficient (Wildman–Crippen LogP) is 2.43. The van der Waals surface area contributed by atoms with Crippen LogP contribution in [-0.4, -0.2) is 16.2 Å². The molecule has 2 aromatic rings. The van der Waals surface area contributed by atoms with Gasteiger partial charge in [0.05, 0.1) is 5.56 Å². The summed E-state index contributed by atoms with van der Waals surface area (Å²) in [6, 6.07) is 5.72. The number of rotatable bonds is 2. The van der Waals surface area contributed by atoms with Crippen LogP contribution in [0.15, 0.2) is 41.2 Å². The van der Waals surface area contributed by atoms with Crippen LogP contribution in [-0.2, 0) is 6.18 Å². The number of carbonyl (C=O) groups is 1. The minimum atomic E-state index is -4.43. The Bertz CT molecular complexity index is 674. The minimum absolute atomic E-state index is 0.0963. The fourth-order valence-corrected chi connectivity index (χ4v) is 1.44. The Hall–Kier alpha value is -2.84. The number of aromatic nitrogens is 2. The number of nitrogens with one attached hydrogen (secondary N) is 3. The van der Waals surface area contributed by atoms with Gasteiger partial charge in [-0.25, -0.2) is 9.89 Å². The van der Waals surface area contributed by atoms with Crippen molar-refractivity contribution in [3.05, 3.63) is 52.3 Å². The fourth-order valence-electron chi connectivity index (χ4n) is 1.44. The molecule has 0 unspecified atom stereocenters. The van der Waals surface area contributed by atoms with Gasteiger partial charge in [-0.2, -0.15) is 18.3 Å². The molecule has 0 saturated carbocycles. The van der Waals surface area contributed by atoms with Gasteiger partial charge in [0, 0.05) is 11.8 Å². The molecule has 2 amide bonds. The second kappa shape index (κ2) is 5.65. The van der Waals surface area contributed by atoms with E-state index in [1.807, 2.05) is 0 Å². The molecule has 0 saturated heterocycles. The number of nitrogens with zero attached hydrogens (tertiary/aromatic N) is 1. The maximum atomic E-state index is 12.4. The van der Waals surface area contributed by atoms with Crippen LogP contribution in [0.4, 0.5) is 29.5 Å². The van der Waals surface area contributed by atoms with Gasteiger partial charge in [-0.05, 0) is 30.3 Å². The van der Waals surface area contributed by atoms with Crippen molar-refractivity contribution in [2.45, 2.75) is 6.18 Å². The van der Waals surface area contributed by atoms with Gasteiger partial charge in [0.15, 0.2) is 5.82 Å². The Kier molecular flexibility index (Phi) is 3.92. The molecule has 2 rings (SSSR count). The summed E-state index contributed by atoms with van der Waals surface area (Å²) in [5, 5.41) is 10.3. The standard InChI is InChI=1S/C12H9F3N4O2/c13-12(14,15)7-1-3-8(4-2-7)16-11(21)17-9-5-6-10(20)19-18-9/h1-6H,(H,19,20)(H2,16,17,18,21). The zero-order valence-corrected chi connectivity index (χ0v) is 10.4. The van der Waals surface area contributed by atoms with E-state index >= 15 is 0 Å². The highest BCUT2D eigenvalue weighted by Crippen LogP contribution is 2.29. The van der Waals surface area contributed by atoms with Crippen LogP contribution in [0.1, 0.15) is 5.56 Å². The van der Waals surface area contributed by atoms with Crippen LogP contribution in [0.5, 0.6) is 0 Å². The molecule has 0 bridgehead atoms. The summed E-state index contributed by atoms with van der Waals surface area (Å²) >= 11 is 0. The van der Waals surface area contributed by atoms with Crippen LogP contribution in [0.25, 0.3) is 0 Å². The van der Waals surface area contributed by atoms with Crippen molar-refractivity contribution in [2.24, 2.45) is 0 Å². The molecular weight excluding hydrogens is 289 g/mol. The highest BCUT2D eigenvalue weighted by molar-refractivity contribution is 5.99. The first-order valence-corrected chi connectivity index (χ1v) is 5.65. The van der Waals surface area contributed by atoms with E-state index in [0.29, 0.717) is 0 Å². The van der Waals surface area contributed by atoms with Gasteiger partial charge >= 0.3 is 12.2 Å². The van der Waals surface area contributed by atoms with E-state index in [0.717, 1.165) is 24.3 Å². The van der Waals surface area contributed by atoms with E-state index in [4.69, 9.17) is 0 Å². The molecule has 0 fully saturated rings. The number of amides is 2. The van der Waals surface area contributed by atoms with Crippen LogP contribution in [0.2, 0.25) is 0 Å². The number of hydrogen-bond acceptors (Lipinski definition) is 3. The maximum Gasteiger partial charge on any atom is 0.416 e. The van der Waals surface area contributed by atoms with Gasteiger partial charge in [0.25, 0.3) is 5.56 Å². The van der Waals surface area contributed by atoms with E-state index in [9.17, 15) is 22.8 Å². The van der Waals surface area contributed by atoms with Crippen molar-refractivity contribution in [3.8, 4) is 0 Å². The summed E-state index contributed by atoms with van der Waals surface area (Å²) in [6.07, 6.45) is -4.43. The van der Waals surface area contributed by atoms with E-state index in [-0.39, 0.29) is 11.5 Å². The first kappa shape index (κ1) is 14.6. The number of urea groups is 1. The molecule has 110 valence electrons. The fraction of sp³-hybridized carbons (Fsp3) is 0.0833. The van der Waals surface area contributed by atoms with Gasteiger partial charge in [-0.3, -0.25) is 10.1 Å². The van der Waals surface area contributed by atoms with E-state index in [1.54, 1.807) is 0 Å². The summed E-state index contributed by atoms with van der Waals surface area (Å²) in [5.74, 6) is 0.0963. The van der Waals surface area contributed by atoms with Crippen LogP contribution in [0, 0.1) is 0 Å². The average molecular weight is 298 g/mol. The highest BCUT2D eigenvalue weighted by atomic mass is 19.4. The zero-order chi connectivity index (χ0) is 15.5. The first-order chi connectivity index (χ1) is 9.84. The van der Waals surface area contributed by atoms with Crippen molar-refractivity contribution >= 4 is 17.5 Å². The maximum absolute atomic E-state index is 12.4. The molecule has 9 heteroatoms. The molecule has 0 spiro atoms. The number of alkyl halides is 3. The number of aromatic amines is 1. The minimum Gasteiger partial charge on any atom is -0.308 e. The third kappa shape index (κ3) is 4.06. The van der Waals surface area contributed by atoms with E-state index in [1.165, 1.54) is 12.1 Å². The van der Waals surface area contributed by atoms with E-state index < -0.39 is 23.3 Å². The Labute approximate surface area is 116 Å². The topological polar surface area (TPSA) is 86.9 Å². The molecule has 1 aromatic heterocycles. The van der Waals surface area contributed by atoms with Crippen molar-refractivity contribution in [3.63, 3.8) is 0 Å². The van der Waals surface area contributed by atoms with Gasteiger partial charge < -0.3 is 5.32 Å². The lowest BCUT2D eigenvalue weighted by Gasteiger charge is -2.09. The van der Waals surface area contributed by atoms with Crippen molar-refractivity contribution in [1.82, 2.24) is 10.2 Å². The Balaban J connectivity index is 1.99. The number of anilines is 2. The smallest absolute Gasteiger partial charge is 0.308 e. The van der Waals surface area contributed by atoms with Gasteiger partial charge in [0.2, 0.25) is 0 Å². The number of hydrogen-bond donors (Lipinski definition) is 3. The third-order valence-electron chi connectivity index (χ3n) is 2.39. The van der Waals surface area contributed by atoms with Gasteiger partial charge in [-0.15, -0.1) is 0 Å². The second-order valence-electron chi connectivity index (χ2n) is 3.96. The third-order valence-corrected chi connectivity index (χ3v) is 2.39. The van der Waals surface area contributed by atoms with Crippen LogP contribution in [0.3, 0.4) is 0 Å². The molecule has 3 N–H and O–H groups in total.